The Bertz CT molecular complexity index is 1450. The number of ether oxygens (including phenoxy) is 1. The highest BCUT2D eigenvalue weighted by molar-refractivity contribution is 7.47. The van der Waals surface area contributed by atoms with Gasteiger partial charge in [0, 0.05) is 19.4 Å². The summed E-state index contributed by atoms with van der Waals surface area (Å²) in [5, 5.41) is 12.7. The van der Waals surface area contributed by atoms with Gasteiger partial charge in [-0.05, 0) is 103 Å². The molecule has 10 heteroatoms. The van der Waals surface area contributed by atoms with Crippen LogP contribution in [0.5, 0.6) is 0 Å². The van der Waals surface area contributed by atoms with Crippen molar-refractivity contribution >= 4 is 19.7 Å². The van der Waals surface area contributed by atoms with E-state index in [0.29, 0.717) is 12.8 Å². The fourth-order valence-electron chi connectivity index (χ4n) is 5.24. The minimum Gasteiger partial charge on any atom is -0.463 e. The third-order valence-corrected chi connectivity index (χ3v) is 9.56. The Balaban J connectivity index is 3.75. The predicted molar refractivity (Wildman–Crippen MR) is 256 cm³/mol. The summed E-state index contributed by atoms with van der Waals surface area (Å²) in [6.07, 6.45) is 63.9. The third kappa shape index (κ3) is 47.1. The molecule has 3 N–H and O–H groups in total. The van der Waals surface area contributed by atoms with Crippen molar-refractivity contribution in [1.82, 2.24) is 5.32 Å². The fourth-order valence-corrected chi connectivity index (χ4v) is 6.00. The van der Waals surface area contributed by atoms with Crippen LogP contribution in [0.15, 0.2) is 134 Å². The summed E-state index contributed by atoms with van der Waals surface area (Å²) in [5.74, 6) is -0.615. The van der Waals surface area contributed by atoms with Gasteiger partial charge >= 0.3 is 13.8 Å². The van der Waals surface area contributed by atoms with E-state index in [2.05, 4.69) is 147 Å². The Kier molecular flexibility index (Phi) is 42.8. The van der Waals surface area contributed by atoms with Gasteiger partial charge in [0.05, 0.1) is 13.2 Å². The number of aliphatic hydroxyl groups excluding tert-OH is 1. The lowest BCUT2D eigenvalue weighted by Gasteiger charge is -2.15. The normalized spacial score (nSPS) is 14.5. The van der Waals surface area contributed by atoms with Crippen molar-refractivity contribution < 1.29 is 37.9 Å². The topological polar surface area (TPSA) is 131 Å². The van der Waals surface area contributed by atoms with Crippen LogP contribution in [0.3, 0.4) is 0 Å². The van der Waals surface area contributed by atoms with Gasteiger partial charge in [-0.1, -0.05) is 160 Å². The monoisotopic (exact) mass is 866 g/mol. The van der Waals surface area contributed by atoms with Crippen LogP contribution >= 0.6 is 7.82 Å². The van der Waals surface area contributed by atoms with E-state index in [0.717, 1.165) is 109 Å². The van der Waals surface area contributed by atoms with E-state index in [1.807, 2.05) is 6.08 Å². The van der Waals surface area contributed by atoms with E-state index in [1.54, 1.807) is 0 Å². The standard InChI is InChI=1S/C51H80NO8P/c1-3-5-7-9-11-13-15-17-19-21-22-23-24-25-26-28-29-31-33-35-37-39-41-43-50(54)52-45-46-59-61(56,57)60-48-49(53)47-58-51(55)44-42-40-38-36-34-32-30-27-20-18-16-14-12-10-8-6-4-2/h5-8,11-14,17-20,22-23,25-26,29-32,36,38,49,53H,3-4,9-10,15-16,21,24,27-28,33-35,37,39-48H2,1-2H3,(H,52,54)(H,56,57)/b7-5-,8-6-,13-11-,14-12-,19-17-,20-18-,23-22-,26-25-,31-29-,32-30-,38-36-. The molecule has 0 bridgehead atoms. The molecular weight excluding hydrogens is 786 g/mol. The molecule has 2 unspecified atom stereocenters. The first-order chi connectivity index (χ1) is 29.8. The van der Waals surface area contributed by atoms with Gasteiger partial charge in [0.1, 0.15) is 12.7 Å². The van der Waals surface area contributed by atoms with Crippen LogP contribution in [-0.4, -0.2) is 54.3 Å². The quantitative estimate of drug-likeness (QED) is 0.0240. The number of esters is 1. The van der Waals surface area contributed by atoms with Gasteiger partial charge in [0.25, 0.3) is 0 Å². The number of hydrogen-bond acceptors (Lipinski definition) is 7. The molecule has 0 aliphatic heterocycles. The van der Waals surface area contributed by atoms with Crippen LogP contribution < -0.4 is 5.32 Å². The highest BCUT2D eigenvalue weighted by Gasteiger charge is 2.23. The SMILES string of the molecule is CC/C=C\C/C=C\C/C=C\C/C=C\C/C=C\C/C=C\CCCCCCC(=O)NCCOP(=O)(O)OCC(O)COC(=O)CCC/C=C\C/C=C\C/C=C\C/C=C\C/C=C\CC. The van der Waals surface area contributed by atoms with Crippen LogP contribution in [0.4, 0.5) is 0 Å². The van der Waals surface area contributed by atoms with Gasteiger partial charge in [-0.3, -0.25) is 18.6 Å². The highest BCUT2D eigenvalue weighted by Crippen LogP contribution is 2.42. The Morgan fingerprint density at radius 3 is 1.34 bits per heavy atom. The van der Waals surface area contributed by atoms with E-state index in [9.17, 15) is 24.2 Å². The molecule has 0 spiro atoms. The molecule has 0 aromatic heterocycles. The number of phosphoric ester groups is 1. The maximum atomic E-state index is 12.1. The van der Waals surface area contributed by atoms with E-state index >= 15 is 0 Å². The van der Waals surface area contributed by atoms with Crippen LogP contribution in [0.1, 0.15) is 142 Å². The van der Waals surface area contributed by atoms with Crippen LogP contribution in [-0.2, 0) is 27.9 Å². The van der Waals surface area contributed by atoms with Gasteiger partial charge in [-0.25, -0.2) is 4.57 Å². The second-order valence-electron chi connectivity index (χ2n) is 14.3. The zero-order valence-electron chi connectivity index (χ0n) is 37.5. The van der Waals surface area contributed by atoms with Gasteiger partial charge in [0.2, 0.25) is 5.91 Å². The van der Waals surface area contributed by atoms with Crippen molar-refractivity contribution in [1.29, 1.82) is 0 Å². The molecule has 0 saturated heterocycles. The second kappa shape index (κ2) is 45.7. The number of hydrogen-bond donors (Lipinski definition) is 3. The van der Waals surface area contributed by atoms with Gasteiger partial charge in [-0.15, -0.1) is 0 Å². The molecule has 2 atom stereocenters. The van der Waals surface area contributed by atoms with Crippen LogP contribution in [0.2, 0.25) is 0 Å². The van der Waals surface area contributed by atoms with Crippen molar-refractivity contribution in [3.8, 4) is 0 Å². The Morgan fingerprint density at radius 1 is 0.508 bits per heavy atom. The fraction of sp³-hybridized carbons (Fsp3) is 0.529. The van der Waals surface area contributed by atoms with Crippen molar-refractivity contribution in [3.05, 3.63) is 134 Å². The summed E-state index contributed by atoms with van der Waals surface area (Å²) >= 11 is 0. The van der Waals surface area contributed by atoms with Gasteiger partial charge < -0.3 is 20.1 Å². The number of carbonyl (C=O) groups is 2. The zero-order chi connectivity index (χ0) is 44.6. The molecule has 61 heavy (non-hydrogen) atoms. The molecule has 0 aromatic rings. The molecule has 0 fully saturated rings. The minimum absolute atomic E-state index is 0.0508. The number of amides is 1. The van der Waals surface area contributed by atoms with Crippen molar-refractivity contribution in [3.63, 3.8) is 0 Å². The van der Waals surface area contributed by atoms with E-state index < -0.39 is 26.5 Å². The maximum absolute atomic E-state index is 12.1. The smallest absolute Gasteiger partial charge is 0.463 e. The molecule has 0 radical (unpaired) electrons. The summed E-state index contributed by atoms with van der Waals surface area (Å²) in [6, 6.07) is 0. The molecule has 0 saturated carbocycles. The summed E-state index contributed by atoms with van der Waals surface area (Å²) in [6.45, 7) is 3.19. The first-order valence-corrected chi connectivity index (χ1v) is 24.2. The number of aliphatic hydroxyl groups is 1. The average molecular weight is 866 g/mol. The van der Waals surface area contributed by atoms with Crippen molar-refractivity contribution in [2.45, 2.75) is 148 Å². The highest BCUT2D eigenvalue weighted by atomic mass is 31.2. The number of phosphoric acid groups is 1. The Labute approximate surface area is 370 Å². The van der Waals surface area contributed by atoms with Gasteiger partial charge in [0.15, 0.2) is 0 Å². The molecule has 1 amide bonds. The minimum atomic E-state index is -4.45. The number of unbranched alkanes of at least 4 members (excludes halogenated alkanes) is 5. The Morgan fingerprint density at radius 2 is 0.902 bits per heavy atom. The zero-order valence-corrected chi connectivity index (χ0v) is 38.4. The summed E-state index contributed by atoms with van der Waals surface area (Å²) in [5.41, 5.74) is 0. The lowest BCUT2D eigenvalue weighted by molar-refractivity contribution is -0.147. The lowest BCUT2D eigenvalue weighted by atomic mass is 10.1. The molecule has 0 aromatic carbocycles. The van der Waals surface area contributed by atoms with Crippen molar-refractivity contribution in [2.24, 2.45) is 0 Å². The number of allylic oxidation sites excluding steroid dienone is 22. The average Bonchev–Trinajstić information content (AvgIpc) is 3.25. The predicted octanol–water partition coefficient (Wildman–Crippen LogP) is 13.1. The number of carbonyl (C=O) groups excluding carboxylic acids is 2. The maximum Gasteiger partial charge on any atom is 0.472 e. The first-order valence-electron chi connectivity index (χ1n) is 22.7. The first kappa shape index (κ1) is 57.1. The molecule has 342 valence electrons. The van der Waals surface area contributed by atoms with Crippen LogP contribution in [0, 0.1) is 0 Å². The molecule has 0 rings (SSSR count). The Hall–Kier alpha value is -3.85. The molecule has 0 aliphatic rings. The molecule has 0 heterocycles. The summed E-state index contributed by atoms with van der Waals surface area (Å²) < 4.78 is 26.8. The lowest BCUT2D eigenvalue weighted by Crippen LogP contribution is -2.27. The number of rotatable bonds is 40. The van der Waals surface area contributed by atoms with Gasteiger partial charge in [-0.2, -0.15) is 0 Å². The van der Waals surface area contributed by atoms with E-state index in [4.69, 9.17) is 13.8 Å². The largest absolute Gasteiger partial charge is 0.472 e. The number of nitrogens with one attached hydrogen (secondary N) is 1. The second-order valence-corrected chi connectivity index (χ2v) is 15.7. The molecular formula is C51H80NO8P. The molecule has 0 aliphatic carbocycles. The van der Waals surface area contributed by atoms with E-state index in [1.165, 1.54) is 0 Å². The third-order valence-electron chi connectivity index (χ3n) is 8.58. The van der Waals surface area contributed by atoms with Crippen molar-refractivity contribution in [2.75, 3.05) is 26.4 Å². The molecule has 9 nitrogen and oxygen atoms in total. The van der Waals surface area contributed by atoms with E-state index in [-0.39, 0.29) is 32.1 Å². The summed E-state index contributed by atoms with van der Waals surface area (Å²) in [4.78, 5) is 33.9. The summed E-state index contributed by atoms with van der Waals surface area (Å²) in [7, 11) is -4.45. The van der Waals surface area contributed by atoms with Crippen LogP contribution in [0.25, 0.3) is 0 Å².